The van der Waals surface area contributed by atoms with Gasteiger partial charge in [-0.25, -0.2) is 4.90 Å². The number of furan rings is 1. The molecule has 2 heterocycles. The largest absolute Gasteiger partial charge is 0.456 e. The number of hydrogen-bond acceptors (Lipinski definition) is 3. The highest BCUT2D eigenvalue weighted by atomic mass is 16.3. The van der Waals surface area contributed by atoms with E-state index in [-0.39, 0.29) is 11.8 Å². The van der Waals surface area contributed by atoms with Gasteiger partial charge >= 0.3 is 0 Å². The van der Waals surface area contributed by atoms with Crippen LogP contribution in [0.15, 0.2) is 120 Å². The third-order valence-corrected chi connectivity index (χ3v) is 7.59. The molecular formula is C34H19NO3. The van der Waals surface area contributed by atoms with Crippen LogP contribution in [0.4, 0.5) is 5.69 Å². The number of hydrogen-bond donors (Lipinski definition) is 0. The molecule has 4 nitrogen and oxygen atoms in total. The highest BCUT2D eigenvalue weighted by Crippen LogP contribution is 2.42. The molecule has 0 aliphatic carbocycles. The Morgan fingerprint density at radius 1 is 0.474 bits per heavy atom. The highest BCUT2D eigenvalue weighted by Gasteiger charge is 2.34. The fraction of sp³-hybridized carbons (Fsp3) is 0. The summed E-state index contributed by atoms with van der Waals surface area (Å²) in [5, 5.41) is 5.66. The van der Waals surface area contributed by atoms with Crippen molar-refractivity contribution in [2.45, 2.75) is 0 Å². The SMILES string of the molecule is O=C1c2cccc3c(-c4cccc5oc6ccccc6c45)ccc(c23)C(=O)N1c1ccc2ccccc2c1. The molecule has 0 N–H and O–H groups in total. The average Bonchev–Trinajstić information content (AvgIpc) is 3.35. The van der Waals surface area contributed by atoms with E-state index in [4.69, 9.17) is 4.42 Å². The fourth-order valence-corrected chi connectivity index (χ4v) is 5.88. The van der Waals surface area contributed by atoms with E-state index in [2.05, 4.69) is 12.1 Å². The zero-order valence-corrected chi connectivity index (χ0v) is 20.1. The van der Waals surface area contributed by atoms with E-state index in [1.54, 1.807) is 0 Å². The number of benzene rings is 6. The van der Waals surface area contributed by atoms with Crippen LogP contribution in [0.3, 0.4) is 0 Å². The van der Waals surface area contributed by atoms with E-state index in [1.807, 2.05) is 103 Å². The van der Waals surface area contributed by atoms with Crippen molar-refractivity contribution in [1.29, 1.82) is 0 Å². The van der Waals surface area contributed by atoms with Crippen molar-refractivity contribution in [2.75, 3.05) is 4.90 Å². The summed E-state index contributed by atoms with van der Waals surface area (Å²) in [5.41, 5.74) is 5.22. The molecule has 0 saturated heterocycles. The van der Waals surface area contributed by atoms with Gasteiger partial charge in [0.1, 0.15) is 11.2 Å². The number of para-hydroxylation sites is 1. The first kappa shape index (κ1) is 20.9. The minimum Gasteiger partial charge on any atom is -0.456 e. The summed E-state index contributed by atoms with van der Waals surface area (Å²) in [5.74, 6) is -0.625. The van der Waals surface area contributed by atoms with Crippen LogP contribution in [0.25, 0.3) is 54.6 Å². The molecule has 38 heavy (non-hydrogen) atoms. The van der Waals surface area contributed by atoms with Gasteiger partial charge in [-0.05, 0) is 63.7 Å². The maximum absolute atomic E-state index is 13.8. The van der Waals surface area contributed by atoms with E-state index in [0.29, 0.717) is 22.2 Å². The standard InChI is InChI=1S/C34H19NO3/c36-33-27-12-5-10-24-23(25-11-6-14-30-32(25)26-9-3-4-13-29(26)38-30)17-18-28(31(24)27)34(37)35(33)22-16-15-20-7-1-2-8-21(20)19-22/h1-19H. The first-order valence-electron chi connectivity index (χ1n) is 12.5. The van der Waals surface area contributed by atoms with Crippen LogP contribution in [0.5, 0.6) is 0 Å². The van der Waals surface area contributed by atoms with Crippen LogP contribution in [-0.4, -0.2) is 11.8 Å². The lowest BCUT2D eigenvalue weighted by Gasteiger charge is -2.28. The normalized spacial score (nSPS) is 13.3. The maximum atomic E-state index is 13.8. The number of imide groups is 1. The number of fused-ring (bicyclic) bond motifs is 4. The molecule has 0 spiro atoms. The van der Waals surface area contributed by atoms with Crippen molar-refractivity contribution < 1.29 is 14.0 Å². The molecule has 2 amide bonds. The van der Waals surface area contributed by atoms with E-state index in [1.165, 1.54) is 4.90 Å². The molecule has 0 bridgehead atoms. The smallest absolute Gasteiger partial charge is 0.265 e. The van der Waals surface area contributed by atoms with Crippen molar-refractivity contribution in [1.82, 2.24) is 0 Å². The van der Waals surface area contributed by atoms with Gasteiger partial charge in [0.2, 0.25) is 0 Å². The molecule has 0 unspecified atom stereocenters. The van der Waals surface area contributed by atoms with Gasteiger partial charge in [0.25, 0.3) is 11.8 Å². The zero-order valence-electron chi connectivity index (χ0n) is 20.1. The summed E-state index contributed by atoms with van der Waals surface area (Å²) in [6.45, 7) is 0. The summed E-state index contributed by atoms with van der Waals surface area (Å²) >= 11 is 0. The molecule has 0 atom stereocenters. The summed E-state index contributed by atoms with van der Waals surface area (Å²) in [7, 11) is 0. The first-order valence-corrected chi connectivity index (χ1v) is 12.5. The van der Waals surface area contributed by atoms with Gasteiger partial charge in [-0.1, -0.05) is 78.9 Å². The van der Waals surface area contributed by atoms with Crippen LogP contribution >= 0.6 is 0 Å². The van der Waals surface area contributed by atoms with Crippen molar-refractivity contribution >= 4 is 61.0 Å². The van der Waals surface area contributed by atoms with Crippen LogP contribution in [0.2, 0.25) is 0 Å². The number of rotatable bonds is 2. The topological polar surface area (TPSA) is 50.5 Å². The van der Waals surface area contributed by atoms with E-state index in [0.717, 1.165) is 49.2 Å². The van der Waals surface area contributed by atoms with Crippen LogP contribution in [-0.2, 0) is 0 Å². The van der Waals surface area contributed by atoms with Crippen molar-refractivity contribution in [3.05, 3.63) is 126 Å². The fourth-order valence-electron chi connectivity index (χ4n) is 5.88. The molecule has 1 aliphatic rings. The lowest BCUT2D eigenvalue weighted by molar-refractivity contribution is 0.0893. The molecule has 0 saturated carbocycles. The molecule has 4 heteroatoms. The molecular weight excluding hydrogens is 470 g/mol. The van der Waals surface area contributed by atoms with Crippen molar-refractivity contribution in [2.24, 2.45) is 0 Å². The predicted molar refractivity (Wildman–Crippen MR) is 152 cm³/mol. The number of carbonyl (C=O) groups excluding carboxylic acids is 2. The molecule has 1 aromatic heterocycles. The van der Waals surface area contributed by atoms with Crippen molar-refractivity contribution in [3.8, 4) is 11.1 Å². The highest BCUT2D eigenvalue weighted by molar-refractivity contribution is 6.37. The van der Waals surface area contributed by atoms with Crippen LogP contribution in [0, 0.1) is 0 Å². The van der Waals surface area contributed by atoms with E-state index >= 15 is 0 Å². The number of carbonyl (C=O) groups is 2. The number of anilines is 1. The van der Waals surface area contributed by atoms with Crippen LogP contribution in [0.1, 0.15) is 20.7 Å². The quantitative estimate of drug-likeness (QED) is 0.229. The molecule has 0 fully saturated rings. The molecule has 7 aromatic rings. The van der Waals surface area contributed by atoms with Gasteiger partial charge in [0.15, 0.2) is 0 Å². The Morgan fingerprint density at radius 2 is 1.13 bits per heavy atom. The minimum absolute atomic E-state index is 0.312. The Balaban J connectivity index is 1.35. The molecule has 0 radical (unpaired) electrons. The number of nitrogens with zero attached hydrogens (tertiary/aromatic N) is 1. The van der Waals surface area contributed by atoms with Crippen molar-refractivity contribution in [3.63, 3.8) is 0 Å². The molecule has 8 rings (SSSR count). The summed E-state index contributed by atoms with van der Waals surface area (Å²) < 4.78 is 6.12. The Bertz CT molecular complexity index is 2110. The Morgan fingerprint density at radius 3 is 2.03 bits per heavy atom. The number of amides is 2. The molecule has 178 valence electrons. The van der Waals surface area contributed by atoms with Gasteiger partial charge in [0.05, 0.1) is 5.69 Å². The second-order valence-corrected chi connectivity index (χ2v) is 9.64. The molecule has 1 aliphatic heterocycles. The summed E-state index contributed by atoms with van der Waals surface area (Å²) in [6, 6.07) is 37.2. The third-order valence-electron chi connectivity index (χ3n) is 7.59. The Labute approximate surface area is 217 Å². The lowest BCUT2D eigenvalue weighted by atomic mass is 9.87. The Hall–Kier alpha value is -5.22. The first-order chi connectivity index (χ1) is 18.7. The van der Waals surface area contributed by atoms with E-state index in [9.17, 15) is 9.59 Å². The Kier molecular flexibility index (Phi) is 4.21. The maximum Gasteiger partial charge on any atom is 0.265 e. The van der Waals surface area contributed by atoms with Gasteiger partial charge in [-0.15, -0.1) is 0 Å². The van der Waals surface area contributed by atoms with Gasteiger partial charge in [0, 0.05) is 27.3 Å². The predicted octanol–water partition coefficient (Wildman–Crippen LogP) is 8.36. The summed E-state index contributed by atoms with van der Waals surface area (Å²) in [6.07, 6.45) is 0. The zero-order chi connectivity index (χ0) is 25.4. The van der Waals surface area contributed by atoms with Gasteiger partial charge in [-0.2, -0.15) is 0 Å². The molecule has 6 aromatic carbocycles. The lowest BCUT2D eigenvalue weighted by Crippen LogP contribution is -2.40. The average molecular weight is 490 g/mol. The van der Waals surface area contributed by atoms with Crippen LogP contribution < -0.4 is 4.90 Å². The second kappa shape index (κ2) is 7.64. The minimum atomic E-state index is -0.312. The van der Waals surface area contributed by atoms with Gasteiger partial charge in [-0.3, -0.25) is 9.59 Å². The summed E-state index contributed by atoms with van der Waals surface area (Å²) in [4.78, 5) is 29.0. The van der Waals surface area contributed by atoms with Gasteiger partial charge < -0.3 is 4.42 Å². The van der Waals surface area contributed by atoms with E-state index < -0.39 is 0 Å². The third kappa shape index (κ3) is 2.80. The monoisotopic (exact) mass is 489 g/mol. The second-order valence-electron chi connectivity index (χ2n) is 9.64.